The zero-order valence-electron chi connectivity index (χ0n) is 14.7. The van der Waals surface area contributed by atoms with E-state index in [0.29, 0.717) is 22.8 Å². The summed E-state index contributed by atoms with van der Waals surface area (Å²) in [5.74, 6) is 0. The Kier molecular flexibility index (Phi) is 26.5. The first kappa shape index (κ1) is 33.1. The minimum atomic E-state index is 0. The van der Waals surface area contributed by atoms with Gasteiger partial charge in [-0.15, -0.1) is 0 Å². The van der Waals surface area contributed by atoms with E-state index >= 15 is 0 Å². The van der Waals surface area contributed by atoms with Gasteiger partial charge >= 0.3 is 0 Å². The molecule has 0 spiro atoms. The summed E-state index contributed by atoms with van der Waals surface area (Å²) in [6.45, 7) is 16.1. The molecule has 0 aliphatic heterocycles. The molecule has 7 N–H and O–H groups in total. The van der Waals surface area contributed by atoms with Crippen molar-refractivity contribution < 1.29 is 43.1 Å². The second kappa shape index (κ2) is 18.4. The monoisotopic (exact) mass is 381 g/mol. The van der Waals surface area contributed by atoms with Crippen LogP contribution in [0.2, 0.25) is 0 Å². The van der Waals surface area contributed by atoms with E-state index in [1.165, 1.54) is 27.7 Å². The summed E-state index contributed by atoms with van der Waals surface area (Å²) in [7, 11) is 0. The van der Waals surface area contributed by atoms with Gasteiger partial charge in [0.25, 0.3) is 0 Å². The van der Waals surface area contributed by atoms with Gasteiger partial charge in [-0.1, -0.05) is 41.4 Å². The third-order valence-corrected chi connectivity index (χ3v) is 1.65. The van der Waals surface area contributed by atoms with Crippen LogP contribution in [0.25, 0.3) is 0 Å². The van der Waals surface area contributed by atoms with Crippen molar-refractivity contribution in [1.82, 2.24) is 0 Å². The molecule has 0 aromatic carbocycles. The van der Waals surface area contributed by atoms with Crippen LogP contribution in [0.4, 0.5) is 0 Å². The molecule has 0 aromatic rings. The van der Waals surface area contributed by atoms with E-state index < -0.39 is 0 Å². The van der Waals surface area contributed by atoms with Crippen LogP contribution >= 0.6 is 0 Å². The van der Waals surface area contributed by atoms with Gasteiger partial charge in [0, 0.05) is 16.8 Å². The molecule has 0 heterocycles. The Bertz CT molecular complexity index is 332. The minimum absolute atomic E-state index is 0. The maximum atomic E-state index is 8.03. The van der Waals surface area contributed by atoms with Gasteiger partial charge in [-0.3, -0.25) is 0 Å². The molecule has 0 aliphatic carbocycles. The van der Waals surface area contributed by atoms with Gasteiger partial charge in [0.15, 0.2) is 0 Å². The molecule has 0 aromatic heterocycles. The van der Waals surface area contributed by atoms with Crippen molar-refractivity contribution in [2.45, 2.75) is 48.5 Å². The summed E-state index contributed by atoms with van der Waals surface area (Å²) >= 11 is 0. The number of rotatable bonds is 2. The smallest absolute Gasteiger partial charge is 0.101 e. The normalized spacial score (nSPS) is 12.5. The first-order valence-corrected chi connectivity index (χ1v) is 6.05. The molecule has 0 rings (SSSR count). The van der Waals surface area contributed by atoms with Crippen molar-refractivity contribution >= 4 is 22.8 Å². The Morgan fingerprint density at radius 3 is 0.783 bits per heavy atom. The van der Waals surface area contributed by atoms with Crippen molar-refractivity contribution in [3.63, 3.8) is 0 Å². The van der Waals surface area contributed by atoms with Gasteiger partial charge in [-0.25, -0.2) is 0 Å². The molecule has 1 radical (unpaired) electrons. The molecule has 0 atom stereocenters. The van der Waals surface area contributed by atoms with Gasteiger partial charge in [-0.2, -0.15) is 5.41 Å². The molecule has 0 bridgehead atoms. The summed E-state index contributed by atoms with van der Waals surface area (Å²) in [5, 5.41) is 43.3. The van der Waals surface area contributed by atoms with E-state index in [-0.39, 0.29) is 27.7 Å². The van der Waals surface area contributed by atoms with E-state index in [9.17, 15) is 0 Å². The van der Waals surface area contributed by atoms with Gasteiger partial charge in [0.1, 0.15) is 22.8 Å². The summed E-state index contributed by atoms with van der Waals surface area (Å²) < 4.78 is 0. The molecule has 0 aliphatic rings. The fourth-order valence-corrected chi connectivity index (χ4v) is 0.289. The average Bonchev–Trinajstić information content (AvgIpc) is 2.42. The molecule has 23 heavy (non-hydrogen) atoms. The van der Waals surface area contributed by atoms with E-state index in [1.807, 2.05) is 0 Å². The molecule has 9 nitrogen and oxygen atoms in total. The van der Waals surface area contributed by atoms with E-state index in [0.717, 1.165) is 0 Å². The van der Waals surface area contributed by atoms with Gasteiger partial charge in [0.2, 0.25) is 0 Å². The van der Waals surface area contributed by atoms with Crippen LogP contribution in [0.1, 0.15) is 48.5 Å². The second-order valence-electron chi connectivity index (χ2n) is 5.30. The number of nitrogens with zero attached hydrogens (tertiary/aromatic N) is 4. The molecule has 0 saturated heterocycles. The van der Waals surface area contributed by atoms with Gasteiger partial charge < -0.3 is 33.2 Å². The largest absolute Gasteiger partial charge is 0.457 e. The standard InChI is InChI=1S/C5H11.2C4H8N2O2.Co.H2O/c1-5(2,3)4;2*1-3(5-7)4(2)6-8;;/h1H2,2-4H3;2*7-8H,1-2H3;;1H2/q-1;;;;/p+1/b;2*5-3+,6-4+;;. The van der Waals surface area contributed by atoms with Crippen LogP contribution in [-0.4, -0.2) is 43.7 Å². The molecule has 0 saturated carbocycles. The quantitative estimate of drug-likeness (QED) is 0.190. The van der Waals surface area contributed by atoms with Crippen LogP contribution in [0.15, 0.2) is 20.6 Å². The van der Waals surface area contributed by atoms with Crippen LogP contribution in [0.3, 0.4) is 0 Å². The molecular weight excluding hydrogens is 351 g/mol. The maximum Gasteiger partial charge on any atom is 0.101 e. The summed E-state index contributed by atoms with van der Waals surface area (Å²) in [5.41, 5.74) is 1.50. The van der Waals surface area contributed by atoms with Crippen molar-refractivity contribution in [3.05, 3.63) is 6.92 Å². The van der Waals surface area contributed by atoms with Crippen molar-refractivity contribution in [2.75, 3.05) is 0 Å². The van der Waals surface area contributed by atoms with Crippen LogP contribution in [-0.2, 0) is 22.3 Å². The summed E-state index contributed by atoms with van der Waals surface area (Å²) in [6, 6.07) is 0. The molecule has 0 amide bonds. The second-order valence-corrected chi connectivity index (χ2v) is 5.30. The number of hydrogen-bond acceptors (Lipinski definition) is 8. The Hall–Kier alpha value is -1.65. The summed E-state index contributed by atoms with van der Waals surface area (Å²) in [4.78, 5) is 0. The molecule has 0 unspecified atom stereocenters. The molecule has 10 heteroatoms. The van der Waals surface area contributed by atoms with Gasteiger partial charge in [0.05, 0.1) is 0 Å². The predicted octanol–water partition coefficient (Wildman–Crippen LogP) is 2.32. The first-order valence-electron chi connectivity index (χ1n) is 6.05. The average molecular weight is 381 g/mol. The predicted molar refractivity (Wildman–Crippen MR) is 89.3 cm³/mol. The van der Waals surface area contributed by atoms with E-state index in [2.05, 4.69) is 48.3 Å². The van der Waals surface area contributed by atoms with Crippen molar-refractivity contribution in [1.29, 1.82) is 0 Å². The topological polar surface area (TPSA) is 163 Å². The Morgan fingerprint density at radius 1 is 0.652 bits per heavy atom. The number of hydrogen-bond donors (Lipinski definition) is 4. The molecular formula is C13H30CoN4O5. The maximum absolute atomic E-state index is 8.03. The van der Waals surface area contributed by atoms with E-state index in [4.69, 9.17) is 20.8 Å². The van der Waals surface area contributed by atoms with Gasteiger partial charge in [-0.05, 0) is 27.7 Å². The third-order valence-electron chi connectivity index (χ3n) is 1.65. The fourth-order valence-electron chi connectivity index (χ4n) is 0.289. The minimum Gasteiger partial charge on any atom is -0.457 e. The van der Waals surface area contributed by atoms with Crippen LogP contribution in [0.5, 0.6) is 0 Å². The molecule has 0 fully saturated rings. The number of oxime groups is 4. The Morgan fingerprint density at radius 2 is 0.739 bits per heavy atom. The zero-order chi connectivity index (χ0) is 17.6. The van der Waals surface area contributed by atoms with E-state index in [1.54, 1.807) is 0 Å². The Labute approximate surface area is 148 Å². The third kappa shape index (κ3) is 33.3. The van der Waals surface area contributed by atoms with Crippen molar-refractivity contribution in [2.24, 2.45) is 26.0 Å². The fraction of sp³-hybridized carbons (Fsp3) is 0.615. The SMILES string of the molecule is CC(=N\O)/C(C)=N/O.CC(=N\O)/C(C)=N/O.[CH2-]C(C)(C)C.[Co].[OH3+]. The summed E-state index contributed by atoms with van der Waals surface area (Å²) in [6.07, 6.45) is 0. The Balaban J connectivity index is -0.0000000693. The first-order chi connectivity index (χ1) is 9.44. The van der Waals surface area contributed by atoms with Crippen LogP contribution in [0, 0.1) is 12.3 Å². The van der Waals surface area contributed by atoms with Crippen molar-refractivity contribution in [3.8, 4) is 0 Å². The zero-order valence-corrected chi connectivity index (χ0v) is 15.7. The van der Waals surface area contributed by atoms with Crippen LogP contribution < -0.4 is 0 Å². The molecule has 141 valence electrons.